The van der Waals surface area contributed by atoms with Crippen molar-refractivity contribution < 1.29 is 18.1 Å². The number of halogens is 2. The van der Waals surface area contributed by atoms with Gasteiger partial charge in [-0.1, -0.05) is 29.4 Å². The molecule has 8 heteroatoms. The molecule has 2 amide bonds. The van der Waals surface area contributed by atoms with Crippen LogP contribution in [0.3, 0.4) is 0 Å². The fourth-order valence-electron chi connectivity index (χ4n) is 3.47. The van der Waals surface area contributed by atoms with Crippen molar-refractivity contribution in [3.8, 4) is 11.1 Å². The normalized spacial score (nSPS) is 14.1. The van der Waals surface area contributed by atoms with Gasteiger partial charge < -0.3 is 14.3 Å². The van der Waals surface area contributed by atoms with Crippen LogP contribution in [0.4, 0.5) is 25.1 Å². The van der Waals surface area contributed by atoms with E-state index in [9.17, 15) is 13.6 Å². The maximum Gasteiger partial charge on any atom is 0.324 e. The number of piperazine rings is 1. The second-order valence-electron chi connectivity index (χ2n) is 7.28. The summed E-state index contributed by atoms with van der Waals surface area (Å²) in [6.07, 6.45) is 0. The standard InChI is InChI=1S/C22H22F2N4O2/c1-14-15(2)26-30-21(14)25-22(29)28-11-9-27(10-12-28)17-6-3-5-16(13-17)18-7-4-8-19(23)20(18)24/h3-8,13H,9-12H2,1-2H3,(H,25,29). The molecule has 1 aliphatic rings. The maximum absolute atomic E-state index is 14.2. The van der Waals surface area contributed by atoms with Crippen LogP contribution >= 0.6 is 0 Å². The number of anilines is 2. The summed E-state index contributed by atoms with van der Waals surface area (Å²) >= 11 is 0. The van der Waals surface area contributed by atoms with Gasteiger partial charge in [0.05, 0.1) is 5.69 Å². The van der Waals surface area contributed by atoms with Crippen molar-refractivity contribution in [2.75, 3.05) is 36.4 Å². The van der Waals surface area contributed by atoms with Crippen molar-refractivity contribution in [2.45, 2.75) is 13.8 Å². The Bertz CT molecular complexity index is 1070. The van der Waals surface area contributed by atoms with Crippen molar-refractivity contribution in [3.05, 3.63) is 65.4 Å². The van der Waals surface area contributed by atoms with E-state index in [4.69, 9.17) is 4.52 Å². The van der Waals surface area contributed by atoms with E-state index in [-0.39, 0.29) is 11.6 Å². The smallest absolute Gasteiger partial charge is 0.324 e. The van der Waals surface area contributed by atoms with E-state index in [1.807, 2.05) is 32.0 Å². The Kier molecular flexibility index (Phi) is 5.39. The Balaban J connectivity index is 1.42. The lowest BCUT2D eigenvalue weighted by molar-refractivity contribution is 0.207. The number of carbonyl (C=O) groups excluding carboxylic acids is 1. The SMILES string of the molecule is Cc1noc(NC(=O)N2CCN(c3cccc(-c4cccc(F)c4F)c3)CC2)c1C. The first kappa shape index (κ1) is 19.9. The lowest BCUT2D eigenvalue weighted by atomic mass is 10.0. The molecule has 1 N–H and O–H groups in total. The van der Waals surface area contributed by atoms with Gasteiger partial charge in [0.15, 0.2) is 11.6 Å². The first-order valence-electron chi connectivity index (χ1n) is 9.72. The molecule has 1 aliphatic heterocycles. The quantitative estimate of drug-likeness (QED) is 0.684. The minimum Gasteiger partial charge on any atom is -0.368 e. The van der Waals surface area contributed by atoms with Gasteiger partial charge in [-0.15, -0.1) is 0 Å². The molecule has 0 radical (unpaired) electrons. The minimum atomic E-state index is -0.866. The fraction of sp³-hybridized carbons (Fsp3) is 0.273. The number of aryl methyl sites for hydroxylation is 1. The van der Waals surface area contributed by atoms with E-state index in [0.717, 1.165) is 23.0 Å². The summed E-state index contributed by atoms with van der Waals surface area (Å²) in [5.41, 5.74) is 3.29. The molecule has 1 saturated heterocycles. The molecule has 4 rings (SSSR count). The van der Waals surface area contributed by atoms with E-state index in [2.05, 4.69) is 15.4 Å². The Morgan fingerprint density at radius 1 is 1.07 bits per heavy atom. The monoisotopic (exact) mass is 412 g/mol. The summed E-state index contributed by atoms with van der Waals surface area (Å²) in [7, 11) is 0. The minimum absolute atomic E-state index is 0.229. The highest BCUT2D eigenvalue weighted by Gasteiger charge is 2.23. The molecule has 0 atom stereocenters. The van der Waals surface area contributed by atoms with Crippen molar-refractivity contribution in [1.82, 2.24) is 10.1 Å². The summed E-state index contributed by atoms with van der Waals surface area (Å²) < 4.78 is 32.9. The highest BCUT2D eigenvalue weighted by molar-refractivity contribution is 5.88. The van der Waals surface area contributed by atoms with Gasteiger partial charge >= 0.3 is 6.03 Å². The summed E-state index contributed by atoms with van der Waals surface area (Å²) in [6.45, 7) is 5.95. The number of hydrogen-bond acceptors (Lipinski definition) is 4. The summed E-state index contributed by atoms with van der Waals surface area (Å²) in [6, 6.07) is 11.3. The first-order valence-corrected chi connectivity index (χ1v) is 9.72. The summed E-state index contributed by atoms with van der Waals surface area (Å²) in [5.74, 6) is -1.35. The predicted molar refractivity (Wildman–Crippen MR) is 111 cm³/mol. The lowest BCUT2D eigenvalue weighted by Crippen LogP contribution is -2.50. The highest BCUT2D eigenvalue weighted by atomic mass is 19.2. The molecule has 2 aromatic carbocycles. The zero-order chi connectivity index (χ0) is 21.3. The number of carbonyl (C=O) groups is 1. The van der Waals surface area contributed by atoms with Crippen LogP contribution < -0.4 is 10.2 Å². The Morgan fingerprint density at radius 2 is 1.80 bits per heavy atom. The van der Waals surface area contributed by atoms with Crippen LogP contribution in [0.2, 0.25) is 0 Å². The van der Waals surface area contributed by atoms with Crippen molar-refractivity contribution in [2.24, 2.45) is 0 Å². The van der Waals surface area contributed by atoms with Gasteiger partial charge in [0.25, 0.3) is 0 Å². The second kappa shape index (κ2) is 8.14. The van der Waals surface area contributed by atoms with Crippen LogP contribution in [-0.2, 0) is 0 Å². The average Bonchev–Trinajstić information content (AvgIpc) is 3.08. The Hall–Kier alpha value is -3.42. The molecule has 3 aromatic rings. The van der Waals surface area contributed by atoms with Gasteiger partial charge in [-0.3, -0.25) is 5.32 Å². The van der Waals surface area contributed by atoms with Gasteiger partial charge in [-0.2, -0.15) is 0 Å². The molecular weight excluding hydrogens is 390 g/mol. The first-order chi connectivity index (χ1) is 14.4. The molecule has 0 spiro atoms. The maximum atomic E-state index is 14.2. The van der Waals surface area contributed by atoms with Gasteiger partial charge in [0, 0.05) is 43.0 Å². The van der Waals surface area contributed by atoms with Crippen molar-refractivity contribution in [1.29, 1.82) is 0 Å². The molecule has 0 unspecified atom stereocenters. The van der Waals surface area contributed by atoms with Crippen molar-refractivity contribution in [3.63, 3.8) is 0 Å². The number of amides is 2. The molecule has 0 bridgehead atoms. The van der Waals surface area contributed by atoms with Crippen LogP contribution in [0, 0.1) is 25.5 Å². The number of hydrogen-bond donors (Lipinski definition) is 1. The number of rotatable bonds is 3. The zero-order valence-electron chi connectivity index (χ0n) is 16.8. The number of nitrogens with one attached hydrogen (secondary N) is 1. The van der Waals surface area contributed by atoms with Crippen LogP contribution in [-0.4, -0.2) is 42.3 Å². The van der Waals surface area contributed by atoms with Gasteiger partial charge in [-0.25, -0.2) is 13.6 Å². The molecule has 156 valence electrons. The van der Waals surface area contributed by atoms with Crippen molar-refractivity contribution >= 4 is 17.6 Å². The number of nitrogens with zero attached hydrogens (tertiary/aromatic N) is 3. The van der Waals surface area contributed by atoms with Crippen LogP contribution in [0.15, 0.2) is 47.0 Å². The van der Waals surface area contributed by atoms with E-state index in [0.29, 0.717) is 37.6 Å². The van der Waals surface area contributed by atoms with Crippen LogP contribution in [0.5, 0.6) is 0 Å². The highest BCUT2D eigenvalue weighted by Crippen LogP contribution is 2.28. The molecule has 1 aromatic heterocycles. The summed E-state index contributed by atoms with van der Waals surface area (Å²) in [4.78, 5) is 16.3. The number of aromatic nitrogens is 1. The number of urea groups is 1. The third-order valence-corrected chi connectivity index (χ3v) is 5.42. The van der Waals surface area contributed by atoms with Gasteiger partial charge in [0.2, 0.25) is 5.88 Å². The third-order valence-electron chi connectivity index (χ3n) is 5.42. The van der Waals surface area contributed by atoms with E-state index >= 15 is 0 Å². The summed E-state index contributed by atoms with van der Waals surface area (Å²) in [5, 5.41) is 6.60. The molecule has 0 aliphatic carbocycles. The van der Waals surface area contributed by atoms with E-state index in [1.54, 1.807) is 17.0 Å². The van der Waals surface area contributed by atoms with Gasteiger partial charge in [0.1, 0.15) is 0 Å². The zero-order valence-corrected chi connectivity index (χ0v) is 16.8. The molecular formula is C22H22F2N4O2. The van der Waals surface area contributed by atoms with E-state index < -0.39 is 11.6 Å². The fourth-order valence-corrected chi connectivity index (χ4v) is 3.47. The Morgan fingerprint density at radius 3 is 2.50 bits per heavy atom. The number of benzene rings is 2. The van der Waals surface area contributed by atoms with Crippen LogP contribution in [0.25, 0.3) is 11.1 Å². The van der Waals surface area contributed by atoms with E-state index in [1.165, 1.54) is 6.07 Å². The lowest BCUT2D eigenvalue weighted by Gasteiger charge is -2.36. The Labute approximate surface area is 173 Å². The molecule has 2 heterocycles. The largest absolute Gasteiger partial charge is 0.368 e. The predicted octanol–water partition coefficient (Wildman–Crippen LogP) is 4.59. The average molecular weight is 412 g/mol. The topological polar surface area (TPSA) is 61.6 Å². The van der Waals surface area contributed by atoms with Gasteiger partial charge in [-0.05, 0) is 37.6 Å². The molecule has 6 nitrogen and oxygen atoms in total. The molecule has 1 fully saturated rings. The second-order valence-corrected chi connectivity index (χ2v) is 7.28. The molecule has 30 heavy (non-hydrogen) atoms. The molecule has 0 saturated carbocycles. The van der Waals surface area contributed by atoms with Crippen LogP contribution in [0.1, 0.15) is 11.3 Å². The third kappa shape index (κ3) is 3.85.